The number of benzene rings is 2. The Labute approximate surface area is 203 Å². The van der Waals surface area contributed by atoms with E-state index in [0.717, 1.165) is 42.4 Å². The number of hydrogen-bond donors (Lipinski definition) is 2. The predicted molar refractivity (Wildman–Crippen MR) is 132 cm³/mol. The molecule has 1 aromatic heterocycles. The van der Waals surface area contributed by atoms with E-state index in [2.05, 4.69) is 5.32 Å². The van der Waals surface area contributed by atoms with Crippen LogP contribution in [0.3, 0.4) is 0 Å². The van der Waals surface area contributed by atoms with Crippen LogP contribution in [0.1, 0.15) is 59.8 Å². The van der Waals surface area contributed by atoms with E-state index in [1.807, 2.05) is 46.0 Å². The molecule has 2 amide bonds. The van der Waals surface area contributed by atoms with E-state index >= 15 is 0 Å². The van der Waals surface area contributed by atoms with Gasteiger partial charge in [0.05, 0.1) is 17.4 Å². The molecule has 0 saturated heterocycles. The van der Waals surface area contributed by atoms with Gasteiger partial charge >= 0.3 is 0 Å². The van der Waals surface area contributed by atoms with Gasteiger partial charge in [-0.2, -0.15) is 5.10 Å². The van der Waals surface area contributed by atoms with Gasteiger partial charge < -0.3 is 16.0 Å². The number of amides is 2. The third kappa shape index (κ3) is 4.58. The maximum absolute atomic E-state index is 13.5. The molecule has 3 aromatic rings. The highest BCUT2D eigenvalue weighted by Crippen LogP contribution is 2.35. The monoisotopic (exact) mass is 477 g/mol. The molecule has 1 atom stereocenters. The second-order valence-electron chi connectivity index (χ2n) is 9.06. The molecule has 0 spiro atoms. The van der Waals surface area contributed by atoms with E-state index in [9.17, 15) is 9.59 Å². The van der Waals surface area contributed by atoms with Crippen LogP contribution in [0.15, 0.2) is 48.5 Å². The summed E-state index contributed by atoms with van der Waals surface area (Å²) < 4.78 is 1.89. The Morgan fingerprint density at radius 2 is 1.82 bits per heavy atom. The lowest BCUT2D eigenvalue weighted by Gasteiger charge is -2.33. The highest BCUT2D eigenvalue weighted by molar-refractivity contribution is 6.31. The van der Waals surface area contributed by atoms with Gasteiger partial charge in [0.25, 0.3) is 5.91 Å². The number of nitrogens with zero attached hydrogens (tertiary/aromatic N) is 3. The topological polar surface area (TPSA) is 93.2 Å². The van der Waals surface area contributed by atoms with Crippen LogP contribution in [0, 0.1) is 0 Å². The number of carbonyl (C=O) groups excluding carboxylic acids is 2. The van der Waals surface area contributed by atoms with Crippen LogP contribution in [0.4, 0.5) is 5.69 Å². The van der Waals surface area contributed by atoms with Crippen molar-refractivity contribution in [1.29, 1.82) is 0 Å². The molecule has 0 fully saturated rings. The minimum Gasteiger partial charge on any atom is -0.331 e. The van der Waals surface area contributed by atoms with Crippen LogP contribution in [-0.2, 0) is 17.9 Å². The molecular formula is C26H28ClN5O2. The summed E-state index contributed by atoms with van der Waals surface area (Å²) in [5, 5.41) is 8.37. The van der Waals surface area contributed by atoms with Crippen LogP contribution >= 0.6 is 11.6 Å². The van der Waals surface area contributed by atoms with E-state index in [1.165, 1.54) is 0 Å². The van der Waals surface area contributed by atoms with Crippen molar-refractivity contribution in [2.75, 3.05) is 11.9 Å². The first-order valence-corrected chi connectivity index (χ1v) is 12.2. The van der Waals surface area contributed by atoms with Crippen molar-refractivity contribution >= 4 is 29.1 Å². The van der Waals surface area contributed by atoms with Gasteiger partial charge in [-0.15, -0.1) is 0 Å². The zero-order valence-electron chi connectivity index (χ0n) is 19.0. The highest BCUT2D eigenvalue weighted by Gasteiger charge is 2.33. The summed E-state index contributed by atoms with van der Waals surface area (Å²) >= 11 is 6.22. The molecule has 0 radical (unpaired) electrons. The summed E-state index contributed by atoms with van der Waals surface area (Å²) in [6.07, 6.45) is 4.11. The number of nitrogens with one attached hydrogen (secondary N) is 1. The Morgan fingerprint density at radius 3 is 2.62 bits per heavy atom. The van der Waals surface area contributed by atoms with Crippen LogP contribution in [0.25, 0.3) is 11.3 Å². The minimum atomic E-state index is -0.0375. The Bertz CT molecular complexity index is 1220. The molecule has 34 heavy (non-hydrogen) atoms. The summed E-state index contributed by atoms with van der Waals surface area (Å²) in [4.78, 5) is 27.9. The first kappa shape index (κ1) is 22.6. The Morgan fingerprint density at radius 1 is 1.03 bits per heavy atom. The summed E-state index contributed by atoms with van der Waals surface area (Å²) in [5.41, 5.74) is 10.5. The van der Waals surface area contributed by atoms with Crippen molar-refractivity contribution in [3.05, 3.63) is 70.4 Å². The van der Waals surface area contributed by atoms with Crippen molar-refractivity contribution in [1.82, 2.24) is 14.7 Å². The molecule has 0 aliphatic carbocycles. The number of halogens is 1. The molecule has 3 N–H and O–H groups in total. The molecule has 2 bridgehead atoms. The van der Waals surface area contributed by atoms with Crippen molar-refractivity contribution in [2.24, 2.45) is 5.73 Å². The summed E-state index contributed by atoms with van der Waals surface area (Å²) in [7, 11) is 0. The van der Waals surface area contributed by atoms with Gasteiger partial charge in [0, 0.05) is 36.6 Å². The molecule has 1 unspecified atom stereocenters. The van der Waals surface area contributed by atoms with E-state index < -0.39 is 0 Å². The SMILES string of the molecule is NCc1ccc(CN2CC3CCCCCC(=O)Nc4cc(Cl)ccc4-c4cc(n3n4)C2=O)cc1. The van der Waals surface area contributed by atoms with Gasteiger partial charge in [0.2, 0.25) is 5.91 Å². The molecule has 0 saturated carbocycles. The van der Waals surface area contributed by atoms with Crippen LogP contribution in [0.5, 0.6) is 0 Å². The molecule has 5 rings (SSSR count). The van der Waals surface area contributed by atoms with Crippen molar-refractivity contribution in [3.8, 4) is 11.3 Å². The maximum atomic E-state index is 13.5. The lowest BCUT2D eigenvalue weighted by atomic mass is 10.0. The van der Waals surface area contributed by atoms with Crippen molar-refractivity contribution in [3.63, 3.8) is 0 Å². The minimum absolute atomic E-state index is 0.0334. The molecule has 8 heteroatoms. The van der Waals surface area contributed by atoms with Gasteiger partial charge in [-0.3, -0.25) is 14.3 Å². The lowest BCUT2D eigenvalue weighted by molar-refractivity contribution is -0.116. The predicted octanol–water partition coefficient (Wildman–Crippen LogP) is 4.76. The smallest absolute Gasteiger partial charge is 0.272 e. The average molecular weight is 478 g/mol. The Kier molecular flexibility index (Phi) is 6.39. The van der Waals surface area contributed by atoms with Gasteiger partial charge in [0.1, 0.15) is 5.69 Å². The number of carbonyl (C=O) groups is 2. The van der Waals surface area contributed by atoms with Crippen molar-refractivity contribution in [2.45, 2.75) is 51.2 Å². The Balaban J connectivity index is 1.52. The van der Waals surface area contributed by atoms with Crippen LogP contribution in [0.2, 0.25) is 5.02 Å². The average Bonchev–Trinajstić information content (AvgIpc) is 3.27. The number of anilines is 1. The van der Waals surface area contributed by atoms with Gasteiger partial charge in [-0.1, -0.05) is 48.7 Å². The first-order chi connectivity index (χ1) is 16.5. The maximum Gasteiger partial charge on any atom is 0.272 e. The van der Waals surface area contributed by atoms with Crippen molar-refractivity contribution < 1.29 is 9.59 Å². The second kappa shape index (κ2) is 9.60. The van der Waals surface area contributed by atoms with Gasteiger partial charge in [-0.05, 0) is 48.2 Å². The third-order valence-corrected chi connectivity index (χ3v) is 6.86. The van der Waals surface area contributed by atoms with E-state index in [-0.39, 0.29) is 17.9 Å². The fourth-order valence-electron chi connectivity index (χ4n) is 4.79. The summed E-state index contributed by atoms with van der Waals surface area (Å²) in [6, 6.07) is 15.4. The molecule has 7 nitrogen and oxygen atoms in total. The van der Waals surface area contributed by atoms with E-state index in [1.54, 1.807) is 12.1 Å². The Hall–Kier alpha value is -3.16. The molecule has 2 aliphatic rings. The molecule has 2 aliphatic heterocycles. The number of aromatic nitrogens is 2. The zero-order valence-corrected chi connectivity index (χ0v) is 19.7. The number of hydrogen-bond acceptors (Lipinski definition) is 4. The first-order valence-electron chi connectivity index (χ1n) is 11.8. The second-order valence-corrected chi connectivity index (χ2v) is 9.49. The molecule has 176 valence electrons. The number of nitrogens with two attached hydrogens (primary N) is 1. The summed E-state index contributed by atoms with van der Waals surface area (Å²) in [6.45, 7) is 1.65. The third-order valence-electron chi connectivity index (χ3n) is 6.62. The van der Waals surface area contributed by atoms with Gasteiger partial charge in [0.15, 0.2) is 0 Å². The van der Waals surface area contributed by atoms with Crippen LogP contribution < -0.4 is 11.1 Å². The fraction of sp³-hybridized carbons (Fsp3) is 0.346. The quantitative estimate of drug-likeness (QED) is 0.568. The van der Waals surface area contributed by atoms with E-state index in [4.69, 9.17) is 22.4 Å². The zero-order chi connectivity index (χ0) is 23.7. The molecule has 3 heterocycles. The van der Waals surface area contributed by atoms with E-state index in [0.29, 0.717) is 48.2 Å². The van der Waals surface area contributed by atoms with Gasteiger partial charge in [-0.25, -0.2) is 0 Å². The molecule has 2 aromatic carbocycles. The highest BCUT2D eigenvalue weighted by atomic mass is 35.5. The summed E-state index contributed by atoms with van der Waals surface area (Å²) in [5.74, 6) is -0.0708. The normalized spacial score (nSPS) is 18.4. The standard InChI is InChI=1S/C26H28ClN5O2/c27-19-10-11-21-22(12-19)29-25(33)5-3-1-2-4-20-16-31(15-18-8-6-17(14-28)7-9-18)26(34)24-13-23(21)30-32(20)24/h6-13,20H,1-5,14-16,28H2,(H,29,33). The lowest BCUT2D eigenvalue weighted by Crippen LogP contribution is -2.42. The number of rotatable bonds is 3. The van der Waals surface area contributed by atoms with Crippen LogP contribution in [-0.4, -0.2) is 33.0 Å². The fourth-order valence-corrected chi connectivity index (χ4v) is 4.96. The largest absolute Gasteiger partial charge is 0.331 e. The number of fused-ring (bicyclic) bond motifs is 3. The molecular weight excluding hydrogens is 450 g/mol.